The van der Waals surface area contributed by atoms with Crippen LogP contribution < -0.4 is 34.0 Å². The Labute approximate surface area is 240 Å². The lowest BCUT2D eigenvalue weighted by atomic mass is 9.83. The predicted molar refractivity (Wildman–Crippen MR) is 144 cm³/mol. The van der Waals surface area contributed by atoms with Crippen molar-refractivity contribution in [3.63, 3.8) is 0 Å². The number of aliphatic hydroxyl groups is 4. The molecule has 15 atom stereocenters. The number of nitrogens with two attached hydrogens (primary N) is 5. The zero-order valence-electron chi connectivity index (χ0n) is 23.4. The Morgan fingerprint density at radius 3 is 1.78 bits per heavy atom. The molecule has 0 spiro atoms. The molecule has 1 aliphatic carbocycles. The van der Waals surface area contributed by atoms with Crippen LogP contribution >= 0.6 is 0 Å². The molecule has 4 fully saturated rings. The van der Waals surface area contributed by atoms with Crippen molar-refractivity contribution in [2.45, 2.75) is 124 Å². The third-order valence-corrected chi connectivity index (χ3v) is 8.41. The zero-order chi connectivity index (χ0) is 29.7. The van der Waals surface area contributed by atoms with Crippen molar-refractivity contribution in [1.29, 1.82) is 0 Å². The van der Waals surface area contributed by atoms with Crippen LogP contribution in [0.1, 0.15) is 32.1 Å². The summed E-state index contributed by atoms with van der Waals surface area (Å²) in [6.07, 6.45) is -7.21. The third kappa shape index (κ3) is 7.91. The molecule has 16 heteroatoms. The van der Waals surface area contributed by atoms with Gasteiger partial charge in [-0.25, -0.2) is 0 Å². The van der Waals surface area contributed by atoms with Crippen molar-refractivity contribution >= 4 is 0 Å². The van der Waals surface area contributed by atoms with Gasteiger partial charge in [-0.15, -0.1) is 0 Å². The molecule has 3 aliphatic heterocycles. The average Bonchev–Trinajstić information content (AvgIpc) is 3.27. The summed E-state index contributed by atoms with van der Waals surface area (Å²) in [6.45, 7) is 0.178. The summed E-state index contributed by atoms with van der Waals surface area (Å²) in [4.78, 5) is 0. The van der Waals surface area contributed by atoms with Gasteiger partial charge in [-0.1, -0.05) is 0 Å². The van der Waals surface area contributed by atoms with Crippen molar-refractivity contribution in [2.75, 3.05) is 32.8 Å². The first-order valence-electron chi connectivity index (χ1n) is 14.6. The van der Waals surface area contributed by atoms with Gasteiger partial charge in [0.05, 0.1) is 43.6 Å². The highest BCUT2D eigenvalue weighted by Crippen LogP contribution is 2.34. The summed E-state index contributed by atoms with van der Waals surface area (Å²) in [7, 11) is 0. The first-order valence-corrected chi connectivity index (χ1v) is 14.6. The molecule has 3 saturated heterocycles. The summed E-state index contributed by atoms with van der Waals surface area (Å²) in [6, 6.07) is -2.11. The normalized spacial score (nSPS) is 47.5. The molecule has 0 unspecified atom stereocenters. The Hall–Kier alpha value is -0.640. The van der Waals surface area contributed by atoms with E-state index in [0.29, 0.717) is 45.2 Å². The van der Waals surface area contributed by atoms with E-state index in [1.54, 1.807) is 0 Å². The first-order chi connectivity index (χ1) is 19.7. The quantitative estimate of drug-likeness (QED) is 0.101. The van der Waals surface area contributed by atoms with Gasteiger partial charge in [-0.05, 0) is 32.1 Å². The fourth-order valence-corrected chi connectivity index (χ4v) is 5.98. The monoisotopic (exact) mass is 594 g/mol. The molecule has 4 rings (SSSR count). The first kappa shape index (κ1) is 33.3. The largest absolute Gasteiger partial charge is 0.395 e. The molecule has 41 heavy (non-hydrogen) atoms. The summed E-state index contributed by atoms with van der Waals surface area (Å²) in [5, 5.41) is 45.0. The Bertz CT molecular complexity index is 793. The maximum absolute atomic E-state index is 11.4. The zero-order valence-corrected chi connectivity index (χ0v) is 23.4. The van der Waals surface area contributed by atoms with E-state index in [2.05, 4.69) is 5.32 Å². The maximum Gasteiger partial charge on any atom is 0.187 e. The summed E-state index contributed by atoms with van der Waals surface area (Å²) in [5.74, 6) is 0. The van der Waals surface area contributed by atoms with E-state index in [9.17, 15) is 20.4 Å². The second kappa shape index (κ2) is 15.4. The van der Waals surface area contributed by atoms with Crippen LogP contribution in [0.15, 0.2) is 0 Å². The topological polar surface area (TPSA) is 278 Å². The van der Waals surface area contributed by atoms with Crippen molar-refractivity contribution in [3.8, 4) is 0 Å². The number of hydrogen-bond donors (Lipinski definition) is 10. The SMILES string of the molecule is NC[C@@H]1CC[C@@H](N)[C@@H](O[C@H]2[C@H](O[C@@H]3O[C@H](CO)[C@@H](O[C@H]4O[C@@H](CN)CC[C@H]4N)[C@H]3O)[C@@H](O)[C@H](NCCO)C[C@@H]2N)O1. The van der Waals surface area contributed by atoms with E-state index in [0.717, 1.165) is 0 Å². The smallest absolute Gasteiger partial charge is 0.187 e. The Kier molecular flexibility index (Phi) is 12.5. The van der Waals surface area contributed by atoms with E-state index >= 15 is 0 Å². The minimum absolute atomic E-state index is 0.146. The van der Waals surface area contributed by atoms with E-state index in [1.807, 2.05) is 0 Å². The highest BCUT2D eigenvalue weighted by molar-refractivity contribution is 5.02. The van der Waals surface area contributed by atoms with Gasteiger partial charge in [0, 0.05) is 31.7 Å². The van der Waals surface area contributed by atoms with Crippen LogP contribution in [-0.2, 0) is 28.4 Å². The lowest BCUT2D eigenvalue weighted by molar-refractivity contribution is -0.288. The molecule has 15 N–H and O–H groups in total. The molecular formula is C25H50N6O10. The van der Waals surface area contributed by atoms with Gasteiger partial charge in [-0.2, -0.15) is 0 Å². The Morgan fingerprint density at radius 2 is 1.24 bits per heavy atom. The van der Waals surface area contributed by atoms with Crippen molar-refractivity contribution in [2.24, 2.45) is 28.7 Å². The molecule has 0 aromatic heterocycles. The number of hydrogen-bond acceptors (Lipinski definition) is 16. The Balaban J connectivity index is 1.50. The van der Waals surface area contributed by atoms with Gasteiger partial charge in [0.15, 0.2) is 18.9 Å². The van der Waals surface area contributed by atoms with Crippen molar-refractivity contribution in [1.82, 2.24) is 5.32 Å². The molecule has 0 aromatic rings. The molecule has 0 bridgehead atoms. The van der Waals surface area contributed by atoms with E-state index in [4.69, 9.17) is 57.1 Å². The molecular weight excluding hydrogens is 544 g/mol. The second-order valence-electron chi connectivity index (χ2n) is 11.4. The van der Waals surface area contributed by atoms with Gasteiger partial charge < -0.3 is 82.8 Å². The lowest BCUT2D eigenvalue weighted by Crippen LogP contribution is -2.66. The number of ether oxygens (including phenoxy) is 6. The molecule has 3 heterocycles. The number of rotatable bonds is 12. The molecule has 1 saturated carbocycles. The Morgan fingerprint density at radius 1 is 0.683 bits per heavy atom. The van der Waals surface area contributed by atoms with Crippen LogP contribution in [0.5, 0.6) is 0 Å². The predicted octanol–water partition coefficient (Wildman–Crippen LogP) is -5.16. The fourth-order valence-electron chi connectivity index (χ4n) is 5.98. The summed E-state index contributed by atoms with van der Waals surface area (Å²) < 4.78 is 36.1. The lowest BCUT2D eigenvalue weighted by Gasteiger charge is -2.46. The second-order valence-corrected chi connectivity index (χ2v) is 11.4. The molecule has 240 valence electrons. The molecule has 16 nitrogen and oxygen atoms in total. The minimum Gasteiger partial charge on any atom is -0.395 e. The van der Waals surface area contributed by atoms with Gasteiger partial charge in [0.25, 0.3) is 0 Å². The molecule has 0 radical (unpaired) electrons. The van der Waals surface area contributed by atoms with Crippen LogP contribution in [0.2, 0.25) is 0 Å². The number of nitrogens with one attached hydrogen (secondary N) is 1. The number of aliphatic hydroxyl groups excluding tert-OH is 4. The summed E-state index contributed by atoms with van der Waals surface area (Å²) in [5.41, 5.74) is 30.6. The minimum atomic E-state index is -1.38. The van der Waals surface area contributed by atoms with E-state index in [1.165, 1.54) is 0 Å². The van der Waals surface area contributed by atoms with Gasteiger partial charge in [-0.3, -0.25) is 0 Å². The van der Waals surface area contributed by atoms with Crippen LogP contribution in [-0.4, -0.2) is 145 Å². The molecule has 0 amide bonds. The fraction of sp³-hybridized carbons (Fsp3) is 1.00. The summed E-state index contributed by atoms with van der Waals surface area (Å²) >= 11 is 0. The molecule has 0 aromatic carbocycles. The van der Waals surface area contributed by atoms with Crippen LogP contribution in [0, 0.1) is 0 Å². The van der Waals surface area contributed by atoms with Gasteiger partial charge in [0.1, 0.15) is 30.5 Å². The van der Waals surface area contributed by atoms with Gasteiger partial charge in [0.2, 0.25) is 0 Å². The van der Waals surface area contributed by atoms with Crippen LogP contribution in [0.4, 0.5) is 0 Å². The van der Waals surface area contributed by atoms with E-state index in [-0.39, 0.29) is 25.4 Å². The average molecular weight is 595 g/mol. The highest BCUT2D eigenvalue weighted by Gasteiger charge is 2.52. The van der Waals surface area contributed by atoms with Crippen molar-refractivity contribution in [3.05, 3.63) is 0 Å². The highest BCUT2D eigenvalue weighted by atomic mass is 16.8. The maximum atomic E-state index is 11.4. The third-order valence-electron chi connectivity index (χ3n) is 8.41. The van der Waals surface area contributed by atoms with Gasteiger partial charge >= 0.3 is 0 Å². The van der Waals surface area contributed by atoms with Crippen LogP contribution in [0.25, 0.3) is 0 Å². The van der Waals surface area contributed by atoms with Crippen molar-refractivity contribution < 1.29 is 48.8 Å². The molecule has 4 aliphatic rings. The van der Waals surface area contributed by atoms with E-state index < -0.39 is 86.3 Å². The van der Waals surface area contributed by atoms with Crippen LogP contribution in [0.3, 0.4) is 0 Å². The standard InChI is InChI=1S/C25H50N6O10/c26-8-11-1-3-13(28)23(36-11)39-20-15(30)7-16(31-5-6-32)18(34)22(20)41-25-19(35)21(17(10-33)38-25)40-24-14(29)4-2-12(9-27)37-24/h11-25,31-35H,1-10,26-30H2/t11-,12+,13+,14+,15-,16+,17+,18-,19+,20+,21+,22+,23+,24+,25-/m0/s1.